The molecule has 1 N–H and O–H groups in total. The Kier molecular flexibility index (Phi) is 7.29. The number of nitrogens with one attached hydrogen (secondary N) is 1. The first-order valence-corrected chi connectivity index (χ1v) is 8.61. The molecule has 1 amide bonds. The summed E-state index contributed by atoms with van der Waals surface area (Å²) in [6.45, 7) is 3.91. The highest BCUT2D eigenvalue weighted by atomic mass is 35.5. The number of rotatable bonds is 4. The largest absolute Gasteiger partial charge is 0.459 e. The Morgan fingerprint density at radius 1 is 1.39 bits per heavy atom. The summed E-state index contributed by atoms with van der Waals surface area (Å²) in [4.78, 5) is 23.7. The number of imidazole rings is 1. The number of hydrogen-bond acceptors (Lipinski definition) is 6. The van der Waals surface area contributed by atoms with Gasteiger partial charge in [0.15, 0.2) is 5.76 Å². The van der Waals surface area contributed by atoms with Gasteiger partial charge in [-0.1, -0.05) is 0 Å². The minimum absolute atomic E-state index is 0. The van der Waals surface area contributed by atoms with Crippen molar-refractivity contribution >= 4 is 30.7 Å². The maximum Gasteiger partial charge on any atom is 0.263 e. The van der Waals surface area contributed by atoms with Crippen molar-refractivity contribution in [2.75, 3.05) is 19.6 Å². The number of carbonyl (C=O) groups is 1. The Labute approximate surface area is 175 Å². The highest BCUT2D eigenvalue weighted by Crippen LogP contribution is 2.25. The highest BCUT2D eigenvalue weighted by Gasteiger charge is 2.31. The number of aromatic nitrogens is 3. The molecule has 4 heterocycles. The van der Waals surface area contributed by atoms with Gasteiger partial charge in [-0.15, -0.1) is 24.8 Å². The molecule has 1 aliphatic rings. The van der Waals surface area contributed by atoms with Crippen molar-refractivity contribution in [1.82, 2.24) is 24.8 Å². The maximum absolute atomic E-state index is 13.0. The van der Waals surface area contributed by atoms with Crippen LogP contribution in [0.5, 0.6) is 0 Å². The lowest BCUT2D eigenvalue weighted by molar-refractivity contribution is -0.134. The minimum Gasteiger partial charge on any atom is -0.459 e. The zero-order valence-electron chi connectivity index (χ0n) is 15.6. The second kappa shape index (κ2) is 9.27. The lowest BCUT2D eigenvalue weighted by Gasteiger charge is -2.35. The second-order valence-electron chi connectivity index (χ2n) is 6.38. The number of nitrogens with zero attached hydrogens (tertiary/aromatic N) is 4. The van der Waals surface area contributed by atoms with Crippen LogP contribution in [-0.4, -0.2) is 45.0 Å². The van der Waals surface area contributed by atoms with Crippen LogP contribution in [0.15, 0.2) is 39.6 Å². The van der Waals surface area contributed by atoms with E-state index >= 15 is 0 Å². The number of halogens is 2. The summed E-state index contributed by atoms with van der Waals surface area (Å²) < 4.78 is 12.9. The van der Waals surface area contributed by atoms with Gasteiger partial charge >= 0.3 is 0 Å². The van der Waals surface area contributed by atoms with E-state index < -0.39 is 0 Å². The van der Waals surface area contributed by atoms with Gasteiger partial charge in [-0.25, -0.2) is 9.97 Å². The molecule has 0 aromatic carbocycles. The lowest BCUT2D eigenvalue weighted by Crippen LogP contribution is -2.50. The Morgan fingerprint density at radius 3 is 2.89 bits per heavy atom. The summed E-state index contributed by atoms with van der Waals surface area (Å²) in [6.07, 6.45) is 5.41. The molecule has 1 unspecified atom stereocenters. The summed E-state index contributed by atoms with van der Waals surface area (Å²) in [6, 6.07) is 3.47. The van der Waals surface area contributed by atoms with E-state index in [9.17, 15) is 4.79 Å². The number of carbonyl (C=O) groups excluding carboxylic acids is 1. The van der Waals surface area contributed by atoms with Crippen LogP contribution < -0.4 is 5.32 Å². The summed E-state index contributed by atoms with van der Waals surface area (Å²) in [5, 5.41) is 3.34. The second-order valence-corrected chi connectivity index (χ2v) is 6.38. The van der Waals surface area contributed by atoms with Gasteiger partial charge in [0.2, 0.25) is 5.91 Å². The predicted molar refractivity (Wildman–Crippen MR) is 108 cm³/mol. The van der Waals surface area contributed by atoms with Crippen LogP contribution in [-0.2, 0) is 18.3 Å². The van der Waals surface area contributed by atoms with E-state index in [4.69, 9.17) is 8.83 Å². The molecule has 152 valence electrons. The molecule has 1 aliphatic heterocycles. The van der Waals surface area contributed by atoms with Crippen LogP contribution in [0, 0.1) is 6.92 Å². The van der Waals surface area contributed by atoms with Crippen molar-refractivity contribution in [2.45, 2.75) is 19.4 Å². The first-order chi connectivity index (χ1) is 12.6. The maximum atomic E-state index is 13.0. The van der Waals surface area contributed by atoms with Gasteiger partial charge in [0.25, 0.3) is 5.89 Å². The topological polar surface area (TPSA) is 89.3 Å². The van der Waals surface area contributed by atoms with Crippen LogP contribution in [0.2, 0.25) is 0 Å². The molecule has 3 aromatic heterocycles. The zero-order valence-corrected chi connectivity index (χ0v) is 17.3. The average molecular weight is 428 g/mol. The molecule has 8 nitrogen and oxygen atoms in total. The molecule has 0 spiro atoms. The average Bonchev–Trinajstić information content (AvgIpc) is 3.37. The molecular formula is C18H23Cl2N5O3. The van der Waals surface area contributed by atoms with Gasteiger partial charge in [0, 0.05) is 39.1 Å². The van der Waals surface area contributed by atoms with Gasteiger partial charge in [-0.2, -0.15) is 0 Å². The lowest BCUT2D eigenvalue weighted by atomic mass is 10.1. The van der Waals surface area contributed by atoms with Crippen molar-refractivity contribution in [3.05, 3.63) is 48.1 Å². The van der Waals surface area contributed by atoms with E-state index in [2.05, 4.69) is 15.3 Å². The number of furan rings is 1. The van der Waals surface area contributed by atoms with Crippen LogP contribution >= 0.6 is 24.8 Å². The van der Waals surface area contributed by atoms with E-state index in [1.807, 2.05) is 29.6 Å². The van der Waals surface area contributed by atoms with Crippen molar-refractivity contribution in [3.8, 4) is 11.7 Å². The summed E-state index contributed by atoms with van der Waals surface area (Å²) in [7, 11) is 1.94. The molecule has 4 rings (SSSR count). The van der Waals surface area contributed by atoms with E-state index in [1.165, 1.54) is 0 Å². The Balaban J connectivity index is 0.00000140. The quantitative estimate of drug-likeness (QED) is 0.687. The van der Waals surface area contributed by atoms with Gasteiger partial charge in [-0.05, 0) is 19.1 Å². The zero-order chi connectivity index (χ0) is 18.1. The van der Waals surface area contributed by atoms with Crippen LogP contribution in [0.25, 0.3) is 11.7 Å². The van der Waals surface area contributed by atoms with Crippen LogP contribution in [0.3, 0.4) is 0 Å². The number of hydrogen-bond donors (Lipinski definition) is 1. The first-order valence-electron chi connectivity index (χ1n) is 8.61. The standard InChI is InChI=1S/C18H21N5O3.2ClH/c1-12-13(21-18(26-12)15-4-3-9-25-15)10-16(24)23-8-5-19-11-14(23)17-20-6-7-22(17)2;;/h3-4,6-7,9,14,19H,5,8,10-11H2,1-2H3;2*1H. The SMILES string of the molecule is Cc1oc(-c2ccco2)nc1CC(=O)N1CCNCC1c1nccn1C.Cl.Cl. The monoisotopic (exact) mass is 427 g/mol. The van der Waals surface area contributed by atoms with Crippen molar-refractivity contribution in [2.24, 2.45) is 7.05 Å². The normalized spacial score (nSPS) is 16.4. The molecule has 1 fully saturated rings. The number of oxazole rings is 1. The first kappa shape index (κ1) is 22.0. The van der Waals surface area contributed by atoms with Gasteiger partial charge in [-0.3, -0.25) is 4.79 Å². The fraction of sp³-hybridized carbons (Fsp3) is 0.389. The molecular weight excluding hydrogens is 405 g/mol. The third kappa shape index (κ3) is 4.24. The molecule has 0 aliphatic carbocycles. The minimum atomic E-state index is -0.0898. The smallest absolute Gasteiger partial charge is 0.263 e. The van der Waals surface area contributed by atoms with Gasteiger partial charge in [0.1, 0.15) is 17.6 Å². The summed E-state index contributed by atoms with van der Waals surface area (Å²) in [5.74, 6) is 2.48. The molecule has 10 heteroatoms. The molecule has 1 saturated heterocycles. The van der Waals surface area contributed by atoms with Crippen molar-refractivity contribution in [1.29, 1.82) is 0 Å². The molecule has 3 aromatic rings. The highest BCUT2D eigenvalue weighted by molar-refractivity contribution is 5.85. The Bertz CT molecular complexity index is 906. The molecule has 0 bridgehead atoms. The molecule has 0 radical (unpaired) electrons. The molecule has 28 heavy (non-hydrogen) atoms. The Hall–Kier alpha value is -2.29. The van der Waals surface area contributed by atoms with E-state index in [0.29, 0.717) is 36.2 Å². The Morgan fingerprint density at radius 2 is 2.21 bits per heavy atom. The van der Waals surface area contributed by atoms with Gasteiger partial charge < -0.3 is 23.6 Å². The summed E-state index contributed by atoms with van der Waals surface area (Å²) >= 11 is 0. The van der Waals surface area contributed by atoms with E-state index in [0.717, 1.165) is 12.4 Å². The molecule has 1 atom stereocenters. The number of aryl methyl sites for hydroxylation is 2. The fourth-order valence-corrected chi connectivity index (χ4v) is 3.27. The van der Waals surface area contributed by atoms with Crippen molar-refractivity contribution in [3.63, 3.8) is 0 Å². The summed E-state index contributed by atoms with van der Waals surface area (Å²) in [5.41, 5.74) is 0.638. The van der Waals surface area contributed by atoms with Crippen molar-refractivity contribution < 1.29 is 13.6 Å². The van der Waals surface area contributed by atoms with Gasteiger partial charge in [0.05, 0.1) is 18.4 Å². The molecule has 0 saturated carbocycles. The predicted octanol–water partition coefficient (Wildman–Crippen LogP) is 2.54. The van der Waals surface area contributed by atoms with Crippen LogP contribution in [0.1, 0.15) is 23.3 Å². The third-order valence-electron chi connectivity index (χ3n) is 4.66. The third-order valence-corrected chi connectivity index (χ3v) is 4.66. The number of amides is 1. The van der Waals surface area contributed by atoms with Crippen LogP contribution in [0.4, 0.5) is 0 Å². The van der Waals surface area contributed by atoms with E-state index in [-0.39, 0.29) is 43.2 Å². The van der Waals surface area contributed by atoms with E-state index in [1.54, 1.807) is 24.6 Å². The number of piperazine rings is 1. The fourth-order valence-electron chi connectivity index (χ4n) is 3.27.